The zero-order valence-electron chi connectivity index (χ0n) is 15.3. The lowest BCUT2D eigenvalue weighted by molar-refractivity contribution is -0.123. The fraction of sp³-hybridized carbons (Fsp3) is 0.579. The molecule has 25 heavy (non-hydrogen) atoms. The van der Waals surface area contributed by atoms with E-state index in [0.717, 1.165) is 19.3 Å². The maximum absolute atomic E-state index is 12.4. The molecule has 1 aliphatic carbocycles. The van der Waals surface area contributed by atoms with E-state index in [2.05, 4.69) is 10.6 Å². The molecule has 6 heteroatoms. The van der Waals surface area contributed by atoms with Crippen LogP contribution < -0.4 is 10.6 Å². The van der Waals surface area contributed by atoms with Crippen molar-refractivity contribution in [2.24, 2.45) is 0 Å². The summed E-state index contributed by atoms with van der Waals surface area (Å²) in [5.74, 6) is 0.0756. The standard InChI is InChI=1S/C19H27ClN2O3/c1-12(21-18(24)25-19(2,3)4)17(23)22-16-7-5-6-15(16)13-8-10-14(20)11-9-13/h8-12,15-16H,5-7H2,1-4H3,(H,21,24)(H,22,23)/t12-,15-,16-/m0/s1. The van der Waals surface area contributed by atoms with E-state index in [1.54, 1.807) is 27.7 Å². The number of halogens is 1. The van der Waals surface area contributed by atoms with Crippen molar-refractivity contribution in [2.75, 3.05) is 0 Å². The van der Waals surface area contributed by atoms with Gasteiger partial charge in [0.1, 0.15) is 11.6 Å². The van der Waals surface area contributed by atoms with Crippen molar-refractivity contribution < 1.29 is 14.3 Å². The summed E-state index contributed by atoms with van der Waals surface area (Å²) in [6, 6.07) is 7.19. The largest absolute Gasteiger partial charge is 0.444 e. The van der Waals surface area contributed by atoms with Crippen molar-refractivity contribution in [3.8, 4) is 0 Å². The summed E-state index contributed by atoms with van der Waals surface area (Å²) < 4.78 is 5.19. The summed E-state index contributed by atoms with van der Waals surface area (Å²) >= 11 is 5.95. The minimum atomic E-state index is -0.652. The molecule has 138 valence electrons. The minimum Gasteiger partial charge on any atom is -0.444 e. The number of nitrogens with one attached hydrogen (secondary N) is 2. The van der Waals surface area contributed by atoms with Crippen LogP contribution in [0.15, 0.2) is 24.3 Å². The van der Waals surface area contributed by atoms with Gasteiger partial charge in [0.25, 0.3) is 0 Å². The van der Waals surface area contributed by atoms with Crippen molar-refractivity contribution in [1.82, 2.24) is 10.6 Å². The van der Waals surface area contributed by atoms with Crippen LogP contribution >= 0.6 is 11.6 Å². The zero-order valence-corrected chi connectivity index (χ0v) is 16.0. The van der Waals surface area contributed by atoms with Gasteiger partial charge in [-0.1, -0.05) is 30.2 Å². The molecule has 0 aromatic heterocycles. The SMILES string of the molecule is C[C@H](NC(=O)OC(C)(C)C)C(=O)N[C@H]1CCC[C@H]1c1ccc(Cl)cc1. The second-order valence-electron chi connectivity index (χ2n) is 7.57. The van der Waals surface area contributed by atoms with Gasteiger partial charge in [-0.3, -0.25) is 4.79 Å². The molecule has 0 radical (unpaired) electrons. The molecule has 5 nitrogen and oxygen atoms in total. The number of carbonyl (C=O) groups excluding carboxylic acids is 2. The first-order valence-electron chi connectivity index (χ1n) is 8.71. The summed E-state index contributed by atoms with van der Waals surface area (Å²) in [5.41, 5.74) is 0.589. The Morgan fingerprint density at radius 1 is 1.20 bits per heavy atom. The Hall–Kier alpha value is -1.75. The van der Waals surface area contributed by atoms with Crippen LogP contribution in [0, 0.1) is 0 Å². The smallest absolute Gasteiger partial charge is 0.408 e. The maximum Gasteiger partial charge on any atom is 0.408 e. The summed E-state index contributed by atoms with van der Waals surface area (Å²) in [4.78, 5) is 24.2. The second kappa shape index (κ2) is 8.09. The Kier molecular flexibility index (Phi) is 6.33. The van der Waals surface area contributed by atoms with Gasteiger partial charge in [-0.05, 0) is 58.2 Å². The molecule has 0 unspecified atom stereocenters. The highest BCUT2D eigenvalue weighted by Gasteiger charge is 2.31. The van der Waals surface area contributed by atoms with Crippen LogP contribution in [0.1, 0.15) is 58.4 Å². The number of alkyl carbamates (subject to hydrolysis) is 1. The van der Waals surface area contributed by atoms with Crippen LogP contribution in [0.3, 0.4) is 0 Å². The molecule has 1 fully saturated rings. The Labute approximate surface area is 154 Å². The molecule has 1 saturated carbocycles. The van der Waals surface area contributed by atoms with Gasteiger partial charge >= 0.3 is 6.09 Å². The molecular formula is C19H27ClN2O3. The van der Waals surface area contributed by atoms with E-state index in [1.165, 1.54) is 5.56 Å². The first kappa shape index (κ1) is 19.6. The van der Waals surface area contributed by atoms with Crippen LogP contribution in [-0.2, 0) is 9.53 Å². The third-order valence-electron chi connectivity index (χ3n) is 4.27. The number of hydrogen-bond donors (Lipinski definition) is 2. The van der Waals surface area contributed by atoms with Crippen molar-refractivity contribution >= 4 is 23.6 Å². The lowest BCUT2D eigenvalue weighted by atomic mass is 9.94. The average Bonchev–Trinajstić information content (AvgIpc) is 2.94. The summed E-state index contributed by atoms with van der Waals surface area (Å²) in [7, 11) is 0. The Morgan fingerprint density at radius 2 is 1.84 bits per heavy atom. The molecule has 1 aromatic rings. The fourth-order valence-electron chi connectivity index (χ4n) is 3.10. The first-order valence-corrected chi connectivity index (χ1v) is 9.09. The van der Waals surface area contributed by atoms with Gasteiger partial charge in [0, 0.05) is 17.0 Å². The number of hydrogen-bond acceptors (Lipinski definition) is 3. The van der Waals surface area contributed by atoms with E-state index in [4.69, 9.17) is 16.3 Å². The topological polar surface area (TPSA) is 67.4 Å². The second-order valence-corrected chi connectivity index (χ2v) is 8.01. The predicted molar refractivity (Wildman–Crippen MR) is 98.8 cm³/mol. The number of rotatable bonds is 4. The van der Waals surface area contributed by atoms with Gasteiger partial charge in [-0.2, -0.15) is 0 Å². The van der Waals surface area contributed by atoms with Gasteiger partial charge in [0.05, 0.1) is 0 Å². The highest BCUT2D eigenvalue weighted by Crippen LogP contribution is 2.35. The van der Waals surface area contributed by atoms with E-state index >= 15 is 0 Å². The molecule has 1 aliphatic rings. The average molecular weight is 367 g/mol. The van der Waals surface area contributed by atoms with Crippen LogP contribution in [0.25, 0.3) is 0 Å². The van der Waals surface area contributed by atoms with Crippen LogP contribution in [0.4, 0.5) is 4.79 Å². The van der Waals surface area contributed by atoms with Crippen LogP contribution in [-0.4, -0.2) is 29.7 Å². The van der Waals surface area contributed by atoms with Crippen molar-refractivity contribution in [3.05, 3.63) is 34.9 Å². The molecule has 3 atom stereocenters. The molecule has 2 N–H and O–H groups in total. The van der Waals surface area contributed by atoms with Gasteiger partial charge in [-0.15, -0.1) is 0 Å². The van der Waals surface area contributed by atoms with E-state index in [1.807, 2.05) is 24.3 Å². The van der Waals surface area contributed by atoms with Crippen molar-refractivity contribution in [3.63, 3.8) is 0 Å². The monoisotopic (exact) mass is 366 g/mol. The normalized spacial score (nSPS) is 21.5. The van der Waals surface area contributed by atoms with E-state index in [0.29, 0.717) is 5.02 Å². The number of carbonyl (C=O) groups is 2. The van der Waals surface area contributed by atoms with E-state index < -0.39 is 17.7 Å². The lowest BCUT2D eigenvalue weighted by Crippen LogP contribution is -2.49. The lowest BCUT2D eigenvalue weighted by Gasteiger charge is -2.25. The van der Waals surface area contributed by atoms with Crippen molar-refractivity contribution in [2.45, 2.75) is 70.6 Å². The molecule has 0 aliphatic heterocycles. The zero-order chi connectivity index (χ0) is 18.6. The molecule has 1 aromatic carbocycles. The van der Waals surface area contributed by atoms with E-state index in [9.17, 15) is 9.59 Å². The minimum absolute atomic E-state index is 0.0663. The molecule has 0 spiro atoms. The maximum atomic E-state index is 12.4. The van der Waals surface area contributed by atoms with Gasteiger partial charge in [0.2, 0.25) is 5.91 Å². The van der Waals surface area contributed by atoms with Gasteiger partial charge in [-0.25, -0.2) is 4.79 Å². The molecule has 0 saturated heterocycles. The number of benzene rings is 1. The van der Waals surface area contributed by atoms with Gasteiger partial charge in [0.15, 0.2) is 0 Å². The third kappa shape index (κ3) is 5.92. The number of amides is 2. The van der Waals surface area contributed by atoms with Crippen LogP contribution in [0.5, 0.6) is 0 Å². The van der Waals surface area contributed by atoms with Crippen LogP contribution in [0.2, 0.25) is 5.02 Å². The van der Waals surface area contributed by atoms with Crippen molar-refractivity contribution in [1.29, 1.82) is 0 Å². The third-order valence-corrected chi connectivity index (χ3v) is 4.52. The summed E-state index contributed by atoms with van der Waals surface area (Å²) in [6.07, 6.45) is 2.43. The molecule has 0 heterocycles. The fourth-order valence-corrected chi connectivity index (χ4v) is 3.23. The Bertz CT molecular complexity index is 610. The molecule has 0 bridgehead atoms. The number of ether oxygens (including phenoxy) is 1. The molecular weight excluding hydrogens is 340 g/mol. The highest BCUT2D eigenvalue weighted by molar-refractivity contribution is 6.30. The van der Waals surface area contributed by atoms with Gasteiger partial charge < -0.3 is 15.4 Å². The molecule has 2 rings (SSSR count). The Balaban J connectivity index is 1.92. The predicted octanol–water partition coefficient (Wildman–Crippen LogP) is 4.01. The highest BCUT2D eigenvalue weighted by atomic mass is 35.5. The quantitative estimate of drug-likeness (QED) is 0.846. The van der Waals surface area contributed by atoms with E-state index in [-0.39, 0.29) is 17.9 Å². The summed E-state index contributed by atoms with van der Waals surface area (Å²) in [5, 5.41) is 6.36. The molecule has 2 amide bonds. The first-order chi connectivity index (χ1) is 11.7. The summed E-state index contributed by atoms with van der Waals surface area (Å²) in [6.45, 7) is 7.01. The Morgan fingerprint density at radius 3 is 2.44 bits per heavy atom.